The van der Waals surface area contributed by atoms with Crippen LogP contribution in [0.3, 0.4) is 0 Å². The summed E-state index contributed by atoms with van der Waals surface area (Å²) in [6, 6.07) is 7.17. The summed E-state index contributed by atoms with van der Waals surface area (Å²) in [5.74, 6) is -0.174. The van der Waals surface area contributed by atoms with E-state index >= 15 is 0 Å². The number of pyridine rings is 1. The number of nitrogens with one attached hydrogen (secondary N) is 1. The molecule has 7 heteroatoms. The van der Waals surface area contributed by atoms with Crippen LogP contribution in [-0.2, 0) is 9.53 Å². The summed E-state index contributed by atoms with van der Waals surface area (Å²) in [5.41, 5.74) is 1.97. The maximum Gasteiger partial charge on any atom is 0.342 e. The molecule has 1 aliphatic carbocycles. The van der Waals surface area contributed by atoms with Crippen LogP contribution in [0.25, 0.3) is 17.2 Å². The van der Waals surface area contributed by atoms with Crippen molar-refractivity contribution in [2.24, 2.45) is 0 Å². The number of rotatable bonds is 6. The summed E-state index contributed by atoms with van der Waals surface area (Å²) in [7, 11) is 0. The van der Waals surface area contributed by atoms with Gasteiger partial charge in [0.1, 0.15) is 22.4 Å². The van der Waals surface area contributed by atoms with Crippen LogP contribution in [0, 0.1) is 0 Å². The van der Waals surface area contributed by atoms with Gasteiger partial charge in [-0.2, -0.15) is 0 Å². The summed E-state index contributed by atoms with van der Waals surface area (Å²) < 4.78 is 11.0. The van der Waals surface area contributed by atoms with Gasteiger partial charge in [-0.25, -0.2) is 4.79 Å². The monoisotopic (exact) mass is 422 g/mol. The van der Waals surface area contributed by atoms with Crippen LogP contribution in [0.2, 0.25) is 0 Å². The molecule has 0 spiro atoms. The highest BCUT2D eigenvalue weighted by molar-refractivity contribution is 7.15. The molecule has 3 aromatic heterocycles. The average molecular weight is 423 g/mol. The van der Waals surface area contributed by atoms with Crippen LogP contribution >= 0.6 is 11.3 Å². The van der Waals surface area contributed by atoms with Crippen molar-refractivity contribution in [3.05, 3.63) is 65.7 Å². The van der Waals surface area contributed by atoms with Crippen LogP contribution in [0.1, 0.15) is 48.2 Å². The van der Waals surface area contributed by atoms with Gasteiger partial charge < -0.3 is 14.5 Å². The Morgan fingerprint density at radius 1 is 1.17 bits per heavy atom. The fourth-order valence-corrected chi connectivity index (χ4v) is 4.45. The molecule has 0 aromatic carbocycles. The number of anilines is 1. The summed E-state index contributed by atoms with van der Waals surface area (Å²) in [6.07, 6.45) is 12.9. The molecule has 1 aliphatic rings. The third kappa shape index (κ3) is 4.86. The van der Waals surface area contributed by atoms with E-state index in [1.807, 2.05) is 17.5 Å². The van der Waals surface area contributed by atoms with Crippen LogP contribution in [-0.4, -0.2) is 23.0 Å². The highest BCUT2D eigenvalue weighted by Crippen LogP contribution is 2.37. The smallest absolute Gasteiger partial charge is 0.342 e. The molecular weight excluding hydrogens is 400 g/mol. The average Bonchev–Trinajstić information content (AvgIpc) is 3.44. The molecule has 0 atom stereocenters. The standard InChI is InChI=1S/C23H22N2O4S/c26-20(9-8-17-7-4-14-28-17)25-22-21(23(27)29-18-5-2-1-3-6-18)19(15-30-22)16-10-12-24-13-11-16/h4,7-15,18H,1-3,5-6H2,(H,25,26)/b9-8+. The Labute approximate surface area is 178 Å². The predicted octanol–water partition coefficient (Wildman–Crippen LogP) is 5.54. The number of amides is 1. The Morgan fingerprint density at radius 2 is 1.97 bits per heavy atom. The summed E-state index contributed by atoms with van der Waals surface area (Å²) in [6.45, 7) is 0. The number of furan rings is 1. The lowest BCUT2D eigenvalue weighted by atomic mass is 9.97. The lowest BCUT2D eigenvalue weighted by Crippen LogP contribution is -2.22. The number of carbonyl (C=O) groups excluding carboxylic acids is 2. The number of ether oxygens (including phenoxy) is 1. The minimum atomic E-state index is -0.403. The van der Waals surface area contributed by atoms with Gasteiger partial charge in [-0.1, -0.05) is 6.42 Å². The SMILES string of the molecule is O=C(/C=C/c1ccco1)Nc1scc(-c2ccncc2)c1C(=O)OC1CCCCC1. The van der Waals surface area contributed by atoms with Gasteiger partial charge in [-0.05, 0) is 61.6 Å². The van der Waals surface area contributed by atoms with Crippen molar-refractivity contribution in [1.82, 2.24) is 4.98 Å². The van der Waals surface area contributed by atoms with Crippen molar-refractivity contribution in [3.63, 3.8) is 0 Å². The van der Waals surface area contributed by atoms with Gasteiger partial charge in [0.05, 0.1) is 6.26 Å². The molecule has 3 heterocycles. The summed E-state index contributed by atoms with van der Waals surface area (Å²) in [5, 5.41) is 5.14. The van der Waals surface area contributed by atoms with Crippen molar-refractivity contribution in [3.8, 4) is 11.1 Å². The normalized spacial score (nSPS) is 14.7. The van der Waals surface area contributed by atoms with Gasteiger partial charge in [-0.3, -0.25) is 9.78 Å². The number of esters is 1. The largest absolute Gasteiger partial charge is 0.465 e. The molecular formula is C23H22N2O4S. The number of aromatic nitrogens is 1. The number of hydrogen-bond acceptors (Lipinski definition) is 6. The summed E-state index contributed by atoms with van der Waals surface area (Å²) >= 11 is 1.30. The van der Waals surface area contributed by atoms with Gasteiger partial charge in [0.25, 0.3) is 0 Å². The molecule has 0 radical (unpaired) electrons. The van der Waals surface area contributed by atoms with E-state index in [4.69, 9.17) is 9.15 Å². The number of nitrogens with zero attached hydrogens (tertiary/aromatic N) is 1. The van der Waals surface area contributed by atoms with Crippen LogP contribution in [0.4, 0.5) is 5.00 Å². The fraction of sp³-hybridized carbons (Fsp3) is 0.261. The lowest BCUT2D eigenvalue weighted by Gasteiger charge is -2.22. The fourth-order valence-electron chi connectivity index (χ4n) is 3.49. The molecule has 1 fully saturated rings. The third-order valence-corrected chi connectivity index (χ3v) is 5.89. The third-order valence-electron chi connectivity index (χ3n) is 4.99. The van der Waals surface area contributed by atoms with Crippen LogP contribution < -0.4 is 5.32 Å². The molecule has 0 saturated heterocycles. The Morgan fingerprint density at radius 3 is 2.70 bits per heavy atom. The zero-order valence-corrected chi connectivity index (χ0v) is 17.2. The van der Waals surface area contributed by atoms with Crippen molar-refractivity contribution in [2.45, 2.75) is 38.2 Å². The minimum absolute atomic E-state index is 0.0705. The first-order valence-corrected chi connectivity index (χ1v) is 10.8. The first kappa shape index (κ1) is 20.1. The molecule has 1 N–H and O–H groups in total. The second-order valence-electron chi connectivity index (χ2n) is 7.09. The van der Waals surface area contributed by atoms with Crippen LogP contribution in [0.5, 0.6) is 0 Å². The number of hydrogen-bond donors (Lipinski definition) is 1. The molecule has 0 unspecified atom stereocenters. The molecule has 154 valence electrons. The first-order valence-electron chi connectivity index (χ1n) is 9.96. The van der Waals surface area contributed by atoms with Crippen molar-refractivity contribution in [1.29, 1.82) is 0 Å². The van der Waals surface area contributed by atoms with E-state index in [2.05, 4.69) is 10.3 Å². The topological polar surface area (TPSA) is 81.4 Å². The number of thiophene rings is 1. The maximum absolute atomic E-state index is 13.1. The van der Waals surface area contributed by atoms with Gasteiger partial charge in [0.15, 0.2) is 0 Å². The Kier molecular flexibility index (Phi) is 6.39. The Balaban J connectivity index is 1.58. The molecule has 0 bridgehead atoms. The Bertz CT molecular complexity index is 1020. The predicted molar refractivity (Wildman–Crippen MR) is 116 cm³/mol. The lowest BCUT2D eigenvalue weighted by molar-refractivity contribution is -0.111. The second kappa shape index (κ2) is 9.54. The van der Waals surface area contributed by atoms with Crippen molar-refractivity contribution < 1.29 is 18.7 Å². The zero-order chi connectivity index (χ0) is 20.8. The number of carbonyl (C=O) groups is 2. The van der Waals surface area contributed by atoms with Crippen molar-refractivity contribution >= 4 is 34.3 Å². The molecule has 1 saturated carbocycles. The second-order valence-corrected chi connectivity index (χ2v) is 7.97. The molecule has 6 nitrogen and oxygen atoms in total. The highest BCUT2D eigenvalue weighted by Gasteiger charge is 2.26. The van der Waals surface area contributed by atoms with E-state index in [0.29, 0.717) is 16.3 Å². The van der Waals surface area contributed by atoms with E-state index in [0.717, 1.165) is 36.8 Å². The molecule has 0 aliphatic heterocycles. The first-order chi connectivity index (χ1) is 14.7. The molecule has 3 aromatic rings. The summed E-state index contributed by atoms with van der Waals surface area (Å²) in [4.78, 5) is 29.6. The minimum Gasteiger partial charge on any atom is -0.465 e. The van der Waals surface area contributed by atoms with E-state index in [9.17, 15) is 9.59 Å². The zero-order valence-electron chi connectivity index (χ0n) is 16.4. The van der Waals surface area contributed by atoms with Gasteiger partial charge in [0, 0.05) is 29.4 Å². The van der Waals surface area contributed by atoms with Crippen molar-refractivity contribution in [2.75, 3.05) is 5.32 Å². The van der Waals surface area contributed by atoms with Gasteiger partial charge in [-0.15, -0.1) is 11.3 Å². The van der Waals surface area contributed by atoms with E-state index < -0.39 is 5.97 Å². The molecule has 4 rings (SSSR count). The molecule has 30 heavy (non-hydrogen) atoms. The maximum atomic E-state index is 13.1. The Hall–Kier alpha value is -3.19. The van der Waals surface area contributed by atoms with Crippen LogP contribution in [0.15, 0.2) is 58.8 Å². The molecule has 1 amide bonds. The van der Waals surface area contributed by atoms with Gasteiger partial charge in [0.2, 0.25) is 5.91 Å². The quantitative estimate of drug-likeness (QED) is 0.416. The van der Waals surface area contributed by atoms with Gasteiger partial charge >= 0.3 is 5.97 Å². The van der Waals surface area contributed by atoms with E-state index in [1.54, 1.807) is 30.6 Å². The highest BCUT2D eigenvalue weighted by atomic mass is 32.1. The van der Waals surface area contributed by atoms with E-state index in [-0.39, 0.29) is 12.0 Å². The van der Waals surface area contributed by atoms with E-state index in [1.165, 1.54) is 30.1 Å².